The lowest BCUT2D eigenvalue weighted by atomic mass is 10.1. The molecule has 152 valence electrons. The molecular weight excluding hydrogens is 401 g/mol. The highest BCUT2D eigenvalue weighted by Crippen LogP contribution is 2.39. The molecule has 9 heteroatoms. The van der Waals surface area contributed by atoms with Crippen LogP contribution in [0.3, 0.4) is 0 Å². The van der Waals surface area contributed by atoms with Crippen molar-refractivity contribution in [3.8, 4) is 6.07 Å². The predicted molar refractivity (Wildman–Crippen MR) is 107 cm³/mol. The summed E-state index contributed by atoms with van der Waals surface area (Å²) < 4.78 is 40.3. The van der Waals surface area contributed by atoms with E-state index in [1.807, 2.05) is 25.1 Å². The fraction of sp³-hybridized carbons (Fsp3) is 0.350. The lowest BCUT2D eigenvalue weighted by molar-refractivity contribution is -0.137. The van der Waals surface area contributed by atoms with E-state index in [1.165, 1.54) is 28.5 Å². The van der Waals surface area contributed by atoms with Crippen molar-refractivity contribution in [2.45, 2.75) is 25.4 Å². The Kier molecular flexibility index (Phi) is 5.75. The standard InChI is InChI=1S/C20H19F3N4OS/c1-12-5-4-6-14(9-12)26(3)18(28)19-27(7-8-29-19)17-15(11-24)16(20(21,22)23)10-13(2)25-17/h4-6,9-10,19H,7-8H2,1-3H3. The highest BCUT2D eigenvalue weighted by atomic mass is 32.2. The number of hydrogen-bond donors (Lipinski definition) is 0. The second-order valence-electron chi connectivity index (χ2n) is 6.77. The van der Waals surface area contributed by atoms with E-state index in [1.54, 1.807) is 19.2 Å². The summed E-state index contributed by atoms with van der Waals surface area (Å²) in [5.74, 6) is 0.166. The van der Waals surface area contributed by atoms with Crippen LogP contribution in [0, 0.1) is 25.2 Å². The number of halogens is 3. The highest BCUT2D eigenvalue weighted by molar-refractivity contribution is 8.01. The molecule has 1 aliphatic rings. The van der Waals surface area contributed by atoms with Gasteiger partial charge >= 0.3 is 6.18 Å². The number of likely N-dealkylation sites (N-methyl/N-ethyl adjacent to an activating group) is 1. The molecule has 3 rings (SSSR count). The first-order chi connectivity index (χ1) is 13.6. The summed E-state index contributed by atoms with van der Waals surface area (Å²) in [6, 6.07) is 9.90. The van der Waals surface area contributed by atoms with Gasteiger partial charge in [-0.15, -0.1) is 11.8 Å². The van der Waals surface area contributed by atoms with E-state index in [2.05, 4.69) is 4.98 Å². The molecule has 1 aromatic carbocycles. The second kappa shape index (κ2) is 7.95. The van der Waals surface area contributed by atoms with E-state index in [4.69, 9.17) is 0 Å². The van der Waals surface area contributed by atoms with Crippen molar-refractivity contribution in [1.29, 1.82) is 5.26 Å². The Morgan fingerprint density at radius 1 is 1.34 bits per heavy atom. The number of nitrogens with zero attached hydrogens (tertiary/aromatic N) is 4. The number of nitriles is 1. The van der Waals surface area contributed by atoms with Crippen LogP contribution in [0.5, 0.6) is 0 Å². The first-order valence-corrected chi connectivity index (χ1v) is 9.89. The van der Waals surface area contributed by atoms with Gasteiger partial charge in [0.15, 0.2) is 5.37 Å². The van der Waals surface area contributed by atoms with Crippen LogP contribution < -0.4 is 9.80 Å². The van der Waals surface area contributed by atoms with Crippen LogP contribution in [-0.4, -0.2) is 35.6 Å². The van der Waals surface area contributed by atoms with Crippen LogP contribution in [0.15, 0.2) is 30.3 Å². The van der Waals surface area contributed by atoms with Crippen molar-refractivity contribution in [3.63, 3.8) is 0 Å². The van der Waals surface area contributed by atoms with E-state index >= 15 is 0 Å². The second-order valence-corrected chi connectivity index (χ2v) is 7.96. The maximum atomic E-state index is 13.4. The van der Waals surface area contributed by atoms with Gasteiger partial charge in [0.1, 0.15) is 17.5 Å². The zero-order chi connectivity index (χ0) is 21.3. The minimum Gasteiger partial charge on any atom is -0.334 e. The summed E-state index contributed by atoms with van der Waals surface area (Å²) in [5.41, 5.74) is 0.233. The average Bonchev–Trinajstić information content (AvgIpc) is 3.15. The average molecular weight is 420 g/mol. The molecule has 1 fully saturated rings. The maximum Gasteiger partial charge on any atom is 0.417 e. The molecule has 5 nitrogen and oxygen atoms in total. The van der Waals surface area contributed by atoms with Gasteiger partial charge in [0, 0.05) is 30.7 Å². The number of amides is 1. The van der Waals surface area contributed by atoms with E-state index in [0.29, 0.717) is 18.0 Å². The minimum absolute atomic E-state index is 0.0965. The van der Waals surface area contributed by atoms with Crippen LogP contribution in [-0.2, 0) is 11.0 Å². The van der Waals surface area contributed by atoms with Gasteiger partial charge in [0.25, 0.3) is 5.91 Å². The molecule has 1 saturated heterocycles. The van der Waals surface area contributed by atoms with Crippen molar-refractivity contribution < 1.29 is 18.0 Å². The zero-order valence-corrected chi connectivity index (χ0v) is 16.9. The van der Waals surface area contributed by atoms with Gasteiger partial charge in [0.2, 0.25) is 0 Å². The number of hydrogen-bond acceptors (Lipinski definition) is 5. The molecule has 2 aromatic rings. The summed E-state index contributed by atoms with van der Waals surface area (Å²) >= 11 is 1.32. The Bertz CT molecular complexity index is 987. The first kappa shape index (κ1) is 21.0. The van der Waals surface area contributed by atoms with Gasteiger partial charge in [-0.05, 0) is 37.6 Å². The Hall–Kier alpha value is -2.73. The van der Waals surface area contributed by atoms with Crippen molar-refractivity contribution in [2.24, 2.45) is 0 Å². The smallest absolute Gasteiger partial charge is 0.334 e. The van der Waals surface area contributed by atoms with Gasteiger partial charge in [-0.3, -0.25) is 4.79 Å². The van der Waals surface area contributed by atoms with Crippen molar-refractivity contribution in [1.82, 2.24) is 4.98 Å². The van der Waals surface area contributed by atoms with E-state index in [9.17, 15) is 23.2 Å². The number of anilines is 2. The van der Waals surface area contributed by atoms with E-state index in [0.717, 1.165) is 11.6 Å². The Morgan fingerprint density at radius 3 is 2.69 bits per heavy atom. The van der Waals surface area contributed by atoms with Gasteiger partial charge in [-0.1, -0.05) is 12.1 Å². The molecule has 2 heterocycles. The monoisotopic (exact) mass is 420 g/mol. The van der Waals surface area contributed by atoms with Gasteiger partial charge < -0.3 is 9.80 Å². The summed E-state index contributed by atoms with van der Waals surface area (Å²) in [5, 5.41) is 8.68. The molecule has 0 N–H and O–H groups in total. The Morgan fingerprint density at radius 2 is 2.07 bits per heavy atom. The lowest BCUT2D eigenvalue weighted by Crippen LogP contribution is -2.44. The molecule has 1 unspecified atom stereocenters. The van der Waals surface area contributed by atoms with E-state index < -0.39 is 22.7 Å². The quantitative estimate of drug-likeness (QED) is 0.747. The fourth-order valence-electron chi connectivity index (χ4n) is 3.22. The lowest BCUT2D eigenvalue weighted by Gasteiger charge is -2.29. The Labute approximate surface area is 171 Å². The van der Waals surface area contributed by atoms with Crippen LogP contribution >= 0.6 is 11.8 Å². The van der Waals surface area contributed by atoms with Crippen LogP contribution in [0.2, 0.25) is 0 Å². The normalized spacial score (nSPS) is 16.6. The van der Waals surface area contributed by atoms with Crippen molar-refractivity contribution >= 4 is 29.2 Å². The summed E-state index contributed by atoms with van der Waals surface area (Å²) in [6.45, 7) is 3.68. The molecule has 0 saturated carbocycles. The third kappa shape index (κ3) is 4.17. The maximum absolute atomic E-state index is 13.4. The molecule has 0 radical (unpaired) electrons. The van der Waals surface area contributed by atoms with Gasteiger partial charge in [-0.25, -0.2) is 4.98 Å². The molecule has 1 atom stereocenters. The molecular formula is C20H19F3N4OS. The Balaban J connectivity index is 2.00. The topological polar surface area (TPSA) is 60.2 Å². The predicted octanol–water partition coefficient (Wildman–Crippen LogP) is 4.13. The number of thioether (sulfide) groups is 1. The third-order valence-electron chi connectivity index (χ3n) is 4.64. The van der Waals surface area contributed by atoms with Crippen LogP contribution in [0.4, 0.5) is 24.7 Å². The molecule has 0 spiro atoms. The summed E-state index contributed by atoms with van der Waals surface area (Å²) in [6.07, 6.45) is -4.68. The molecule has 29 heavy (non-hydrogen) atoms. The SMILES string of the molecule is Cc1cccc(N(C)C(=O)C2SCCN2c2nc(C)cc(C(F)(F)F)c2C#N)c1. The molecule has 1 amide bonds. The number of carbonyl (C=O) groups excluding carboxylic acids is 1. The number of carbonyl (C=O) groups is 1. The number of aromatic nitrogens is 1. The fourth-order valence-corrected chi connectivity index (χ4v) is 4.43. The number of rotatable bonds is 3. The summed E-state index contributed by atoms with van der Waals surface area (Å²) in [4.78, 5) is 20.3. The van der Waals surface area contributed by atoms with Crippen molar-refractivity contribution in [3.05, 3.63) is 52.7 Å². The highest BCUT2D eigenvalue weighted by Gasteiger charge is 2.40. The minimum atomic E-state index is -4.68. The number of aryl methyl sites for hydroxylation is 2. The summed E-state index contributed by atoms with van der Waals surface area (Å²) in [7, 11) is 1.63. The van der Waals surface area contributed by atoms with Crippen LogP contribution in [0.1, 0.15) is 22.4 Å². The molecule has 0 bridgehead atoms. The van der Waals surface area contributed by atoms with Gasteiger partial charge in [-0.2, -0.15) is 18.4 Å². The number of benzene rings is 1. The van der Waals surface area contributed by atoms with Crippen LogP contribution in [0.25, 0.3) is 0 Å². The van der Waals surface area contributed by atoms with Crippen molar-refractivity contribution in [2.75, 3.05) is 29.1 Å². The zero-order valence-electron chi connectivity index (χ0n) is 16.1. The number of alkyl halides is 3. The van der Waals surface area contributed by atoms with Gasteiger partial charge in [0.05, 0.1) is 5.56 Å². The molecule has 0 aliphatic carbocycles. The molecule has 1 aliphatic heterocycles. The molecule has 1 aromatic heterocycles. The largest absolute Gasteiger partial charge is 0.417 e. The third-order valence-corrected chi connectivity index (χ3v) is 5.83. The number of pyridine rings is 1. The first-order valence-electron chi connectivity index (χ1n) is 8.85. The van der Waals surface area contributed by atoms with E-state index in [-0.39, 0.29) is 17.4 Å².